The summed E-state index contributed by atoms with van der Waals surface area (Å²) < 4.78 is 25.7. The van der Waals surface area contributed by atoms with Gasteiger partial charge in [-0.25, -0.2) is 13.8 Å². The van der Waals surface area contributed by atoms with Crippen LogP contribution in [0.25, 0.3) is 11.3 Å². The molecule has 2 nitrogen and oxygen atoms in total. The third-order valence-electron chi connectivity index (χ3n) is 2.01. The van der Waals surface area contributed by atoms with Gasteiger partial charge in [0.1, 0.15) is 0 Å². The molecule has 2 aromatic rings. The highest BCUT2D eigenvalue weighted by Gasteiger charge is 2.10. The number of anilines is 1. The van der Waals surface area contributed by atoms with Crippen molar-refractivity contribution in [3.63, 3.8) is 0 Å². The number of hydrogen-bond acceptors (Lipinski definition) is 3. The van der Waals surface area contributed by atoms with Crippen LogP contribution in [0.5, 0.6) is 0 Å². The van der Waals surface area contributed by atoms with Crippen LogP contribution in [0.3, 0.4) is 0 Å². The first kappa shape index (κ1) is 10.0. The second kappa shape index (κ2) is 3.58. The lowest BCUT2D eigenvalue weighted by Crippen LogP contribution is -1.87. The van der Waals surface area contributed by atoms with E-state index < -0.39 is 11.6 Å². The lowest BCUT2D eigenvalue weighted by Gasteiger charge is -1.99. The zero-order valence-electron chi connectivity index (χ0n) is 7.92. The minimum absolute atomic E-state index is 0.423. The van der Waals surface area contributed by atoms with E-state index in [0.29, 0.717) is 16.4 Å². The first-order valence-electron chi connectivity index (χ1n) is 4.26. The van der Waals surface area contributed by atoms with E-state index in [1.165, 1.54) is 17.4 Å². The summed E-state index contributed by atoms with van der Waals surface area (Å²) in [5.74, 6) is -1.74. The van der Waals surface area contributed by atoms with Crippen molar-refractivity contribution in [3.8, 4) is 11.3 Å². The van der Waals surface area contributed by atoms with Gasteiger partial charge < -0.3 is 5.73 Å². The van der Waals surface area contributed by atoms with Gasteiger partial charge in [0.2, 0.25) is 0 Å². The molecule has 2 rings (SSSR count). The quantitative estimate of drug-likeness (QED) is 0.811. The Kier molecular flexibility index (Phi) is 2.40. The standard InChI is InChI=1S/C10H8F2N2S/c1-5-9(14-10(13)15-5)6-2-3-7(11)8(12)4-6/h2-4H,1H3,(H2,13,14). The van der Waals surface area contributed by atoms with Crippen molar-refractivity contribution >= 4 is 16.5 Å². The summed E-state index contributed by atoms with van der Waals surface area (Å²) in [4.78, 5) is 4.95. The minimum Gasteiger partial charge on any atom is -0.375 e. The van der Waals surface area contributed by atoms with Crippen molar-refractivity contribution in [2.45, 2.75) is 6.92 Å². The molecule has 0 bridgehead atoms. The molecule has 0 radical (unpaired) electrons. The number of halogens is 2. The van der Waals surface area contributed by atoms with Gasteiger partial charge in [0.15, 0.2) is 16.8 Å². The van der Waals surface area contributed by atoms with Crippen molar-refractivity contribution in [2.75, 3.05) is 5.73 Å². The van der Waals surface area contributed by atoms with Gasteiger partial charge >= 0.3 is 0 Å². The third-order valence-corrected chi connectivity index (χ3v) is 2.81. The number of thiazole rings is 1. The monoisotopic (exact) mass is 226 g/mol. The molecule has 0 saturated carbocycles. The van der Waals surface area contributed by atoms with Crippen LogP contribution in [0, 0.1) is 18.6 Å². The fraction of sp³-hybridized carbons (Fsp3) is 0.100. The molecule has 0 aliphatic heterocycles. The topological polar surface area (TPSA) is 38.9 Å². The van der Waals surface area contributed by atoms with Crippen molar-refractivity contribution in [3.05, 3.63) is 34.7 Å². The molecule has 2 N–H and O–H groups in total. The van der Waals surface area contributed by atoms with Crippen molar-refractivity contribution in [1.29, 1.82) is 0 Å². The minimum atomic E-state index is -0.876. The van der Waals surface area contributed by atoms with Gasteiger partial charge in [-0.05, 0) is 25.1 Å². The van der Waals surface area contributed by atoms with Crippen LogP contribution in [-0.4, -0.2) is 4.98 Å². The average Bonchev–Trinajstić information content (AvgIpc) is 2.50. The van der Waals surface area contributed by atoms with Gasteiger partial charge in [-0.2, -0.15) is 0 Å². The molecule has 0 spiro atoms. The summed E-state index contributed by atoms with van der Waals surface area (Å²) in [5, 5.41) is 0.423. The van der Waals surface area contributed by atoms with E-state index in [9.17, 15) is 8.78 Å². The van der Waals surface area contributed by atoms with Gasteiger partial charge in [0, 0.05) is 10.4 Å². The van der Waals surface area contributed by atoms with Crippen LogP contribution in [-0.2, 0) is 0 Å². The van der Waals surface area contributed by atoms with Crippen LogP contribution in [0.4, 0.5) is 13.9 Å². The molecule has 15 heavy (non-hydrogen) atoms. The summed E-state index contributed by atoms with van der Waals surface area (Å²) in [6.45, 7) is 1.84. The number of nitrogen functional groups attached to an aromatic ring is 1. The van der Waals surface area contributed by atoms with E-state index in [1.807, 2.05) is 6.92 Å². The van der Waals surface area contributed by atoms with E-state index in [1.54, 1.807) is 0 Å². The van der Waals surface area contributed by atoms with Crippen LogP contribution in [0.2, 0.25) is 0 Å². The van der Waals surface area contributed by atoms with Gasteiger partial charge in [-0.3, -0.25) is 0 Å². The normalized spacial score (nSPS) is 10.6. The molecule has 1 heterocycles. The Morgan fingerprint density at radius 3 is 2.53 bits per heavy atom. The molecule has 5 heteroatoms. The molecule has 0 aliphatic rings. The largest absolute Gasteiger partial charge is 0.375 e. The van der Waals surface area contributed by atoms with E-state index in [4.69, 9.17) is 5.73 Å². The van der Waals surface area contributed by atoms with Gasteiger partial charge in [0.05, 0.1) is 5.69 Å². The molecule has 1 aromatic carbocycles. The van der Waals surface area contributed by atoms with Gasteiger partial charge in [-0.15, -0.1) is 11.3 Å². The van der Waals surface area contributed by atoms with Crippen LogP contribution in [0.15, 0.2) is 18.2 Å². The number of aromatic nitrogens is 1. The molecule has 0 fully saturated rings. The molecular weight excluding hydrogens is 218 g/mol. The maximum absolute atomic E-state index is 13.0. The highest BCUT2D eigenvalue weighted by Crippen LogP contribution is 2.29. The van der Waals surface area contributed by atoms with Crippen molar-refractivity contribution < 1.29 is 8.78 Å². The predicted molar refractivity (Wildman–Crippen MR) is 56.6 cm³/mol. The molecular formula is C10H8F2N2S. The Balaban J connectivity index is 2.54. The Hall–Kier alpha value is -1.49. The lowest BCUT2D eigenvalue weighted by atomic mass is 10.1. The first-order chi connectivity index (χ1) is 7.08. The van der Waals surface area contributed by atoms with E-state index >= 15 is 0 Å². The van der Waals surface area contributed by atoms with E-state index in [2.05, 4.69) is 4.98 Å². The Labute approximate surface area is 89.4 Å². The molecule has 78 valence electrons. The number of rotatable bonds is 1. The summed E-state index contributed by atoms with van der Waals surface area (Å²) in [7, 11) is 0. The van der Waals surface area contributed by atoms with E-state index in [0.717, 1.165) is 17.0 Å². The van der Waals surface area contributed by atoms with Crippen molar-refractivity contribution in [1.82, 2.24) is 4.98 Å². The molecule has 0 atom stereocenters. The van der Waals surface area contributed by atoms with Crippen LogP contribution in [0.1, 0.15) is 4.88 Å². The fourth-order valence-corrected chi connectivity index (χ4v) is 2.04. The fourth-order valence-electron chi connectivity index (χ4n) is 1.33. The molecule has 0 saturated heterocycles. The summed E-state index contributed by atoms with van der Waals surface area (Å²) in [6.07, 6.45) is 0. The van der Waals surface area contributed by atoms with Gasteiger partial charge in [-0.1, -0.05) is 0 Å². The Bertz CT molecular complexity index is 508. The van der Waals surface area contributed by atoms with Crippen LogP contribution < -0.4 is 5.73 Å². The second-order valence-corrected chi connectivity index (χ2v) is 4.32. The maximum Gasteiger partial charge on any atom is 0.180 e. The van der Waals surface area contributed by atoms with E-state index in [-0.39, 0.29) is 0 Å². The second-order valence-electron chi connectivity index (χ2n) is 3.09. The number of nitrogens with zero attached hydrogens (tertiary/aromatic N) is 1. The third kappa shape index (κ3) is 1.83. The summed E-state index contributed by atoms with van der Waals surface area (Å²) >= 11 is 1.32. The SMILES string of the molecule is Cc1sc(N)nc1-c1ccc(F)c(F)c1. The molecule has 0 amide bonds. The first-order valence-corrected chi connectivity index (χ1v) is 5.08. The highest BCUT2D eigenvalue weighted by atomic mass is 32.1. The average molecular weight is 226 g/mol. The maximum atomic E-state index is 13.0. The molecule has 0 aliphatic carbocycles. The Morgan fingerprint density at radius 2 is 2.00 bits per heavy atom. The molecule has 0 unspecified atom stereocenters. The number of aryl methyl sites for hydroxylation is 1. The number of nitrogens with two attached hydrogens (primary N) is 1. The predicted octanol–water partition coefficient (Wildman–Crippen LogP) is 2.98. The number of benzene rings is 1. The smallest absolute Gasteiger partial charge is 0.180 e. The zero-order chi connectivity index (χ0) is 11.0. The summed E-state index contributed by atoms with van der Waals surface area (Å²) in [5.41, 5.74) is 6.67. The summed E-state index contributed by atoms with van der Waals surface area (Å²) in [6, 6.07) is 3.69. The lowest BCUT2D eigenvalue weighted by molar-refractivity contribution is 0.509. The zero-order valence-corrected chi connectivity index (χ0v) is 8.74. The number of hydrogen-bond donors (Lipinski definition) is 1. The molecule has 1 aromatic heterocycles. The van der Waals surface area contributed by atoms with Crippen molar-refractivity contribution in [2.24, 2.45) is 0 Å². The van der Waals surface area contributed by atoms with Gasteiger partial charge in [0.25, 0.3) is 0 Å². The highest BCUT2D eigenvalue weighted by molar-refractivity contribution is 7.15. The Morgan fingerprint density at radius 1 is 1.27 bits per heavy atom. The van der Waals surface area contributed by atoms with Crippen LogP contribution >= 0.6 is 11.3 Å².